The predicted octanol–water partition coefficient (Wildman–Crippen LogP) is 7.05. The van der Waals surface area contributed by atoms with Crippen molar-refractivity contribution in [2.75, 3.05) is 11.4 Å². The lowest BCUT2D eigenvalue weighted by Gasteiger charge is -2.29. The van der Waals surface area contributed by atoms with Gasteiger partial charge in [-0.15, -0.1) is 0 Å². The molecule has 38 heavy (non-hydrogen) atoms. The molecule has 0 radical (unpaired) electrons. The van der Waals surface area contributed by atoms with E-state index in [-0.39, 0.29) is 24.4 Å². The van der Waals surface area contributed by atoms with E-state index in [1.165, 1.54) is 29.2 Å². The van der Waals surface area contributed by atoms with E-state index in [0.717, 1.165) is 28.8 Å². The Kier molecular flexibility index (Phi) is 9.14. The van der Waals surface area contributed by atoms with Gasteiger partial charge in [-0.05, 0) is 49.2 Å². The number of halogens is 7. The minimum absolute atomic E-state index is 0.184. The van der Waals surface area contributed by atoms with Gasteiger partial charge >= 0.3 is 18.7 Å². The molecule has 0 bridgehead atoms. The fourth-order valence-electron chi connectivity index (χ4n) is 3.79. The van der Waals surface area contributed by atoms with Gasteiger partial charge in [0.2, 0.25) is 0 Å². The normalized spacial score (nSPS) is 12.9. The first kappa shape index (κ1) is 29.1. The molecule has 3 aromatic carbocycles. The maximum absolute atomic E-state index is 13.3. The SMILES string of the molecule is Cc1cc(C)cc(COc2cccc(N(Cc3cccc(OC(F)(F)C(F)F)c3)C[C@@H](O)C(F)(F)F)c2)c1. The van der Waals surface area contributed by atoms with E-state index in [1.54, 1.807) is 12.1 Å². The molecular weight excluding hydrogens is 519 g/mol. The smallest absolute Gasteiger partial charge is 0.461 e. The van der Waals surface area contributed by atoms with Crippen LogP contribution in [0.5, 0.6) is 11.5 Å². The number of hydrogen-bond donors (Lipinski definition) is 1. The van der Waals surface area contributed by atoms with Crippen LogP contribution < -0.4 is 14.4 Å². The molecule has 0 aliphatic carbocycles. The highest BCUT2D eigenvalue weighted by Gasteiger charge is 2.44. The van der Waals surface area contributed by atoms with Gasteiger partial charge < -0.3 is 19.5 Å². The molecule has 0 amide bonds. The topological polar surface area (TPSA) is 41.9 Å². The highest BCUT2D eigenvalue weighted by Crippen LogP contribution is 2.30. The number of ether oxygens (including phenoxy) is 2. The summed E-state index contributed by atoms with van der Waals surface area (Å²) in [5, 5.41) is 9.73. The quantitative estimate of drug-likeness (QED) is 0.262. The Hall–Kier alpha value is -3.47. The molecule has 11 heteroatoms. The first-order valence-electron chi connectivity index (χ1n) is 11.5. The maximum Gasteiger partial charge on any atom is 0.461 e. The van der Waals surface area contributed by atoms with Crippen molar-refractivity contribution in [3.63, 3.8) is 0 Å². The molecule has 0 fully saturated rings. The second kappa shape index (κ2) is 11.9. The van der Waals surface area contributed by atoms with Gasteiger partial charge in [-0.25, -0.2) is 0 Å². The lowest BCUT2D eigenvalue weighted by Crippen LogP contribution is -2.40. The van der Waals surface area contributed by atoms with Crippen molar-refractivity contribution in [2.24, 2.45) is 0 Å². The minimum Gasteiger partial charge on any atom is -0.489 e. The number of aliphatic hydroxyl groups is 1. The molecule has 0 aliphatic rings. The second-order valence-electron chi connectivity index (χ2n) is 8.83. The van der Waals surface area contributed by atoms with E-state index < -0.39 is 37.1 Å². The predicted molar refractivity (Wildman–Crippen MR) is 128 cm³/mol. The highest BCUT2D eigenvalue weighted by atomic mass is 19.4. The third-order valence-corrected chi connectivity index (χ3v) is 5.42. The lowest BCUT2D eigenvalue weighted by molar-refractivity contribution is -0.253. The van der Waals surface area contributed by atoms with Crippen molar-refractivity contribution in [3.8, 4) is 11.5 Å². The Morgan fingerprint density at radius 3 is 2.08 bits per heavy atom. The van der Waals surface area contributed by atoms with E-state index >= 15 is 0 Å². The van der Waals surface area contributed by atoms with Crippen molar-refractivity contribution < 1.29 is 45.3 Å². The minimum atomic E-state index is -4.92. The van der Waals surface area contributed by atoms with Crippen molar-refractivity contribution in [3.05, 3.63) is 89.0 Å². The summed E-state index contributed by atoms with van der Waals surface area (Å²) in [6.07, 6.45) is -16.5. The average Bonchev–Trinajstić information content (AvgIpc) is 2.81. The van der Waals surface area contributed by atoms with Crippen molar-refractivity contribution in [1.82, 2.24) is 0 Å². The van der Waals surface area contributed by atoms with Gasteiger partial charge in [0.25, 0.3) is 0 Å². The van der Waals surface area contributed by atoms with Crippen LogP contribution in [0, 0.1) is 13.8 Å². The zero-order valence-electron chi connectivity index (χ0n) is 20.5. The lowest BCUT2D eigenvalue weighted by atomic mass is 10.1. The third kappa shape index (κ3) is 8.27. The van der Waals surface area contributed by atoms with E-state index in [4.69, 9.17) is 4.74 Å². The first-order valence-corrected chi connectivity index (χ1v) is 11.5. The van der Waals surface area contributed by atoms with Crippen LogP contribution in [0.3, 0.4) is 0 Å². The summed E-state index contributed by atoms with van der Waals surface area (Å²) in [4.78, 5) is 1.17. The standard InChI is InChI=1S/C27H26F7NO3/c1-17-9-18(2)11-20(10-17)16-37-22-7-4-6-21(13-22)35(15-24(36)26(30,31)32)14-19-5-3-8-23(12-19)38-27(33,34)25(28)29/h3-13,24-25,36H,14-16H2,1-2H3/t24-/m1/s1. The molecule has 0 saturated carbocycles. The number of nitrogens with zero attached hydrogens (tertiary/aromatic N) is 1. The monoisotopic (exact) mass is 545 g/mol. The number of aliphatic hydroxyl groups excluding tert-OH is 1. The number of anilines is 1. The number of hydrogen-bond acceptors (Lipinski definition) is 4. The van der Waals surface area contributed by atoms with Crippen LogP contribution in [0.2, 0.25) is 0 Å². The Bertz CT molecular complexity index is 1200. The number of alkyl halides is 7. The van der Waals surface area contributed by atoms with E-state index in [9.17, 15) is 35.8 Å². The Balaban J connectivity index is 1.84. The molecule has 0 spiro atoms. The van der Waals surface area contributed by atoms with E-state index in [0.29, 0.717) is 5.75 Å². The molecule has 3 rings (SSSR count). The van der Waals surface area contributed by atoms with Crippen LogP contribution in [-0.4, -0.2) is 36.5 Å². The van der Waals surface area contributed by atoms with Gasteiger partial charge in [-0.2, -0.15) is 30.7 Å². The van der Waals surface area contributed by atoms with Gasteiger partial charge in [0, 0.05) is 18.3 Å². The van der Waals surface area contributed by atoms with Crippen LogP contribution in [-0.2, 0) is 13.2 Å². The van der Waals surface area contributed by atoms with Crippen LogP contribution in [0.1, 0.15) is 22.3 Å². The molecule has 1 N–H and O–H groups in total. The fraction of sp³-hybridized carbons (Fsp3) is 0.333. The molecule has 0 heterocycles. The summed E-state index contributed by atoms with van der Waals surface area (Å²) in [5.74, 6) is -0.239. The molecular formula is C27H26F7NO3. The highest BCUT2D eigenvalue weighted by molar-refractivity contribution is 5.52. The molecule has 0 aliphatic heterocycles. The van der Waals surface area contributed by atoms with Gasteiger partial charge in [0.05, 0.1) is 6.54 Å². The summed E-state index contributed by atoms with van der Waals surface area (Å²) in [6.45, 7) is 2.91. The Morgan fingerprint density at radius 1 is 0.816 bits per heavy atom. The van der Waals surface area contributed by atoms with Crippen molar-refractivity contribution in [1.29, 1.82) is 0 Å². The Labute approximate surface area is 215 Å². The number of aryl methyl sites for hydroxylation is 2. The first-order chi connectivity index (χ1) is 17.7. The van der Waals surface area contributed by atoms with Crippen LogP contribution in [0.25, 0.3) is 0 Å². The number of benzene rings is 3. The summed E-state index contributed by atoms with van der Waals surface area (Å²) in [7, 11) is 0. The zero-order chi connectivity index (χ0) is 28.1. The van der Waals surface area contributed by atoms with E-state index in [2.05, 4.69) is 4.74 Å². The number of rotatable bonds is 11. The second-order valence-corrected chi connectivity index (χ2v) is 8.83. The zero-order valence-corrected chi connectivity index (χ0v) is 20.5. The summed E-state index contributed by atoms with van der Waals surface area (Å²) in [6, 6.07) is 16.7. The largest absolute Gasteiger partial charge is 0.489 e. The average molecular weight is 545 g/mol. The maximum atomic E-state index is 13.3. The molecule has 1 atom stereocenters. The Morgan fingerprint density at radius 2 is 1.45 bits per heavy atom. The molecule has 0 unspecified atom stereocenters. The molecule has 0 saturated heterocycles. The third-order valence-electron chi connectivity index (χ3n) is 5.42. The van der Waals surface area contributed by atoms with E-state index in [1.807, 2.05) is 32.0 Å². The van der Waals surface area contributed by atoms with Gasteiger partial charge in [0.15, 0.2) is 6.10 Å². The molecule has 4 nitrogen and oxygen atoms in total. The van der Waals surface area contributed by atoms with Gasteiger partial charge in [-0.1, -0.05) is 47.5 Å². The summed E-state index contributed by atoms with van der Waals surface area (Å²) in [5.41, 5.74) is 3.41. The van der Waals surface area contributed by atoms with Gasteiger partial charge in [-0.3, -0.25) is 0 Å². The van der Waals surface area contributed by atoms with Crippen molar-refractivity contribution >= 4 is 5.69 Å². The summed E-state index contributed by atoms with van der Waals surface area (Å²) < 4.78 is 101. The fourth-order valence-corrected chi connectivity index (χ4v) is 3.79. The molecule has 0 aromatic heterocycles. The van der Waals surface area contributed by atoms with Crippen LogP contribution in [0.15, 0.2) is 66.7 Å². The van der Waals surface area contributed by atoms with Crippen molar-refractivity contribution in [2.45, 2.75) is 51.8 Å². The summed E-state index contributed by atoms with van der Waals surface area (Å²) >= 11 is 0. The van der Waals surface area contributed by atoms with Crippen LogP contribution >= 0.6 is 0 Å². The van der Waals surface area contributed by atoms with Crippen LogP contribution in [0.4, 0.5) is 36.4 Å². The molecule has 3 aromatic rings. The molecule has 206 valence electrons. The van der Waals surface area contributed by atoms with Gasteiger partial charge in [0.1, 0.15) is 18.1 Å².